The van der Waals surface area contributed by atoms with Gasteiger partial charge in [0.2, 0.25) is 0 Å². The molecule has 0 saturated carbocycles. The number of hydrogen-bond acceptors (Lipinski definition) is 7. The molecule has 0 amide bonds. The zero-order valence-corrected chi connectivity index (χ0v) is 41.0. The van der Waals surface area contributed by atoms with Crippen LogP contribution in [0.2, 0.25) is 0 Å². The van der Waals surface area contributed by atoms with Crippen molar-refractivity contribution >= 4 is 19.8 Å². The minimum Gasteiger partial charge on any atom is -0.462 e. The van der Waals surface area contributed by atoms with E-state index in [0.29, 0.717) is 23.9 Å². The number of phosphoric ester groups is 1. The molecule has 0 fully saturated rings. The summed E-state index contributed by atoms with van der Waals surface area (Å²) < 4.78 is 34.4. The Kier molecular flexibility index (Phi) is 41.5. The second-order valence-corrected chi connectivity index (χ2v) is 18.5. The van der Waals surface area contributed by atoms with Crippen LogP contribution in [0.25, 0.3) is 0 Å². The van der Waals surface area contributed by atoms with Gasteiger partial charge in [-0.25, -0.2) is 4.57 Å². The molecule has 1 N–H and O–H groups in total. The molecule has 0 aliphatic heterocycles. The molecule has 0 aliphatic rings. The molecule has 0 rings (SSSR count). The van der Waals surface area contributed by atoms with Crippen molar-refractivity contribution in [3.63, 3.8) is 0 Å². The van der Waals surface area contributed by atoms with Crippen LogP contribution in [0.4, 0.5) is 0 Å². The fourth-order valence-electron chi connectivity index (χ4n) is 6.20. The number of nitrogens with zero attached hydrogens (tertiary/aromatic N) is 1. The van der Waals surface area contributed by atoms with Gasteiger partial charge in [-0.2, -0.15) is 0 Å². The quantitative estimate of drug-likeness (QED) is 0.0212. The van der Waals surface area contributed by atoms with E-state index in [1.807, 2.05) is 21.1 Å². The minimum absolute atomic E-state index is 0.0235. The molecular weight excluding hydrogens is 798 g/mol. The third-order valence-electron chi connectivity index (χ3n) is 9.92. The predicted octanol–water partition coefficient (Wildman–Crippen LogP) is 14.4. The van der Waals surface area contributed by atoms with Gasteiger partial charge in [0.05, 0.1) is 27.7 Å². The molecule has 62 heavy (non-hydrogen) atoms. The Morgan fingerprint density at radius 1 is 0.500 bits per heavy atom. The summed E-state index contributed by atoms with van der Waals surface area (Å²) in [6.45, 7) is 4.16. The third kappa shape index (κ3) is 46.7. The maximum absolute atomic E-state index is 12.7. The van der Waals surface area contributed by atoms with Gasteiger partial charge in [0.15, 0.2) is 6.10 Å². The second-order valence-electron chi connectivity index (χ2n) is 17.1. The van der Waals surface area contributed by atoms with Gasteiger partial charge in [-0.3, -0.25) is 18.6 Å². The van der Waals surface area contributed by atoms with E-state index in [1.165, 1.54) is 38.5 Å². The number of allylic oxidation sites excluding steroid dienone is 14. The first-order valence-electron chi connectivity index (χ1n) is 24.3. The van der Waals surface area contributed by atoms with E-state index in [0.717, 1.165) is 103 Å². The zero-order chi connectivity index (χ0) is 45.7. The summed E-state index contributed by atoms with van der Waals surface area (Å²) in [6, 6.07) is 0. The normalized spacial score (nSPS) is 14.2. The average Bonchev–Trinajstić information content (AvgIpc) is 3.23. The fraction of sp³-hybridized carbons (Fsp3) is 0.692. The van der Waals surface area contributed by atoms with Crippen molar-refractivity contribution in [1.82, 2.24) is 0 Å². The lowest BCUT2D eigenvalue weighted by Gasteiger charge is -2.24. The van der Waals surface area contributed by atoms with Crippen LogP contribution in [0.3, 0.4) is 0 Å². The van der Waals surface area contributed by atoms with Crippen LogP contribution in [0.1, 0.15) is 181 Å². The van der Waals surface area contributed by atoms with Gasteiger partial charge < -0.3 is 18.9 Å². The minimum atomic E-state index is -4.39. The Morgan fingerprint density at radius 2 is 0.871 bits per heavy atom. The van der Waals surface area contributed by atoms with Gasteiger partial charge in [0.1, 0.15) is 19.8 Å². The summed E-state index contributed by atoms with van der Waals surface area (Å²) in [5.41, 5.74) is 0. The van der Waals surface area contributed by atoms with Gasteiger partial charge in [-0.1, -0.05) is 170 Å². The molecule has 0 aromatic carbocycles. The van der Waals surface area contributed by atoms with Crippen LogP contribution < -0.4 is 0 Å². The smallest absolute Gasteiger partial charge is 0.462 e. The van der Waals surface area contributed by atoms with Crippen LogP contribution in [0, 0.1) is 0 Å². The van der Waals surface area contributed by atoms with E-state index in [9.17, 15) is 19.0 Å². The molecule has 0 aromatic rings. The Balaban J connectivity index is 4.30. The van der Waals surface area contributed by atoms with Crippen LogP contribution in [-0.2, 0) is 32.7 Å². The maximum atomic E-state index is 12.7. The van der Waals surface area contributed by atoms with Crippen LogP contribution in [-0.4, -0.2) is 74.9 Å². The standard InChI is InChI=1S/C52H90NO8P/c1-6-8-10-12-14-16-18-20-22-23-24-25-26-27-28-29-31-33-35-37-39-41-43-45-52(55)61-50(49-60-62(56,57)59-47-46-53(3,4)5)48-58-51(54)44-42-40-38-36-34-32-30-21-19-17-15-13-11-9-7-2/h8-11,14-17,20-22,24-25,30,50H,6-7,12-13,18-19,23,26-29,31-49H2,1-5H3/p+1/b10-8-,11-9-,16-14-,17-15-,22-20-,25-24-,30-21-. The van der Waals surface area contributed by atoms with Crippen LogP contribution in [0.5, 0.6) is 0 Å². The monoisotopic (exact) mass is 889 g/mol. The number of quaternary nitrogens is 1. The van der Waals surface area contributed by atoms with Crippen LogP contribution >= 0.6 is 7.82 Å². The van der Waals surface area contributed by atoms with Crippen molar-refractivity contribution in [3.8, 4) is 0 Å². The summed E-state index contributed by atoms with van der Waals surface area (Å²) in [7, 11) is 1.45. The van der Waals surface area contributed by atoms with E-state index >= 15 is 0 Å². The zero-order valence-electron chi connectivity index (χ0n) is 40.1. The molecule has 356 valence electrons. The van der Waals surface area contributed by atoms with Gasteiger partial charge in [0, 0.05) is 12.8 Å². The summed E-state index contributed by atoms with van der Waals surface area (Å²) in [5.74, 6) is -0.828. The number of carbonyl (C=O) groups excluding carboxylic acids is 2. The summed E-state index contributed by atoms with van der Waals surface area (Å²) >= 11 is 0. The van der Waals surface area contributed by atoms with E-state index in [-0.39, 0.29) is 32.0 Å². The molecular formula is C52H91NO8P+. The lowest BCUT2D eigenvalue weighted by molar-refractivity contribution is -0.870. The number of phosphoric acid groups is 1. The van der Waals surface area contributed by atoms with E-state index in [4.69, 9.17) is 18.5 Å². The highest BCUT2D eigenvalue weighted by Gasteiger charge is 2.27. The lowest BCUT2D eigenvalue weighted by atomic mass is 10.0. The first-order chi connectivity index (χ1) is 30.0. The van der Waals surface area contributed by atoms with E-state index in [1.54, 1.807) is 0 Å². The number of rotatable bonds is 43. The van der Waals surface area contributed by atoms with Crippen molar-refractivity contribution < 1.29 is 42.1 Å². The molecule has 0 aromatic heterocycles. The topological polar surface area (TPSA) is 108 Å². The summed E-state index contributed by atoms with van der Waals surface area (Å²) in [5, 5.41) is 0. The molecule has 0 heterocycles. The molecule has 2 atom stereocenters. The molecule has 0 aliphatic carbocycles. The molecule has 0 saturated heterocycles. The second kappa shape index (κ2) is 43.4. The van der Waals surface area contributed by atoms with Crippen molar-refractivity contribution in [2.24, 2.45) is 0 Å². The highest BCUT2D eigenvalue weighted by Crippen LogP contribution is 2.43. The number of carbonyl (C=O) groups is 2. The number of hydrogen-bond donors (Lipinski definition) is 1. The van der Waals surface area contributed by atoms with Crippen LogP contribution in [0.15, 0.2) is 85.1 Å². The van der Waals surface area contributed by atoms with Gasteiger partial charge in [-0.05, 0) is 83.5 Å². The Morgan fingerprint density at radius 3 is 1.29 bits per heavy atom. The van der Waals surface area contributed by atoms with E-state index < -0.39 is 26.5 Å². The summed E-state index contributed by atoms with van der Waals surface area (Å²) in [4.78, 5) is 35.5. The average molecular weight is 889 g/mol. The Bertz CT molecular complexity index is 1330. The van der Waals surface area contributed by atoms with Gasteiger partial charge in [0.25, 0.3) is 0 Å². The van der Waals surface area contributed by atoms with Crippen molar-refractivity contribution in [3.05, 3.63) is 85.1 Å². The number of ether oxygens (including phenoxy) is 2. The number of esters is 2. The Hall–Kier alpha value is -2.81. The van der Waals surface area contributed by atoms with Gasteiger partial charge in [-0.15, -0.1) is 0 Å². The predicted molar refractivity (Wildman–Crippen MR) is 261 cm³/mol. The first kappa shape index (κ1) is 59.2. The first-order valence-corrected chi connectivity index (χ1v) is 25.8. The third-order valence-corrected chi connectivity index (χ3v) is 10.9. The molecule has 9 nitrogen and oxygen atoms in total. The number of unbranched alkanes of at least 4 members (excludes halogenated alkanes) is 15. The molecule has 2 unspecified atom stereocenters. The highest BCUT2D eigenvalue weighted by atomic mass is 31.2. The molecule has 0 radical (unpaired) electrons. The van der Waals surface area contributed by atoms with E-state index in [2.05, 4.69) is 98.9 Å². The van der Waals surface area contributed by atoms with Crippen molar-refractivity contribution in [2.45, 2.75) is 187 Å². The fourth-order valence-corrected chi connectivity index (χ4v) is 6.94. The molecule has 0 bridgehead atoms. The maximum Gasteiger partial charge on any atom is 0.472 e. The van der Waals surface area contributed by atoms with Gasteiger partial charge >= 0.3 is 19.8 Å². The summed E-state index contributed by atoms with van der Waals surface area (Å²) in [6.07, 6.45) is 56.3. The lowest BCUT2D eigenvalue weighted by Crippen LogP contribution is -2.37. The SMILES string of the molecule is CC/C=C\C/C=C\C/C=C\C/C=C\CCCCCCCCCCCCC(=O)OC(COC(=O)CCCCCCC/C=C\C/C=C\C/C=C\CC)COP(=O)(O)OCC[N+](C)(C)C. The highest BCUT2D eigenvalue weighted by molar-refractivity contribution is 7.47. The molecule has 10 heteroatoms. The number of likely N-dealkylation sites (N-methyl/N-ethyl adjacent to an activating group) is 1. The Labute approximate surface area is 380 Å². The van der Waals surface area contributed by atoms with Crippen molar-refractivity contribution in [1.29, 1.82) is 0 Å². The van der Waals surface area contributed by atoms with Crippen molar-refractivity contribution in [2.75, 3.05) is 47.5 Å². The molecule has 0 spiro atoms. The largest absolute Gasteiger partial charge is 0.472 e.